The minimum Gasteiger partial charge on any atom is -0.390 e. The summed E-state index contributed by atoms with van der Waals surface area (Å²) in [6, 6.07) is 14.0. The standard InChI is InChI=1S/C35H47N5O5S2/c1-7-27-13-15-30(16-14-27)47(44,45)39(20-24(2)3)22-32(41)31(19-28-11-9-8-10-12-28)37-34(42)33(25(4)5)40-18-17-38(35(40)43)21-29-23-46-26(6)36-29/h7-16,23-25,31-33,41H,1,17-22H2,2-6H3,(H,37,42)/t31-,32+,33-/m0/s1. The number of nitrogens with zero attached hydrogens (tertiary/aromatic N) is 4. The molecule has 0 saturated carbocycles. The normalized spacial score (nSPS) is 15.8. The number of nitrogens with one attached hydrogen (secondary N) is 1. The lowest BCUT2D eigenvalue weighted by atomic mass is 9.97. The lowest BCUT2D eigenvalue weighted by molar-refractivity contribution is -0.128. The summed E-state index contributed by atoms with van der Waals surface area (Å²) in [6.45, 7) is 14.4. The minimum atomic E-state index is -3.97. The highest BCUT2D eigenvalue weighted by molar-refractivity contribution is 7.89. The number of thiazole rings is 1. The number of aryl methyl sites for hydroxylation is 1. The Labute approximate surface area is 283 Å². The number of carbonyl (C=O) groups excluding carboxylic acids is 2. The lowest BCUT2D eigenvalue weighted by Gasteiger charge is -2.34. The Hall–Kier alpha value is -3.58. The summed E-state index contributed by atoms with van der Waals surface area (Å²) in [6.07, 6.45) is 0.667. The number of urea groups is 1. The van der Waals surface area contributed by atoms with E-state index in [1.165, 1.54) is 27.8 Å². The van der Waals surface area contributed by atoms with Gasteiger partial charge in [0.1, 0.15) is 6.04 Å². The number of sulfonamides is 1. The fraction of sp³-hybridized carbons (Fsp3) is 0.457. The van der Waals surface area contributed by atoms with Crippen LogP contribution in [0.3, 0.4) is 0 Å². The predicted octanol–water partition coefficient (Wildman–Crippen LogP) is 4.79. The first-order valence-electron chi connectivity index (χ1n) is 16.0. The maximum Gasteiger partial charge on any atom is 0.321 e. The van der Waals surface area contributed by atoms with Gasteiger partial charge in [-0.15, -0.1) is 11.3 Å². The van der Waals surface area contributed by atoms with Crippen LogP contribution >= 0.6 is 11.3 Å². The summed E-state index contributed by atoms with van der Waals surface area (Å²) in [5.41, 5.74) is 2.48. The molecule has 1 fully saturated rings. The van der Waals surface area contributed by atoms with Crippen molar-refractivity contribution in [3.63, 3.8) is 0 Å². The Morgan fingerprint density at radius 3 is 2.34 bits per heavy atom. The first kappa shape index (κ1) is 36.3. The van der Waals surface area contributed by atoms with Crippen LogP contribution in [-0.2, 0) is 27.8 Å². The third-order valence-corrected chi connectivity index (χ3v) is 10.9. The maximum absolute atomic E-state index is 14.0. The van der Waals surface area contributed by atoms with Crippen LogP contribution < -0.4 is 5.32 Å². The summed E-state index contributed by atoms with van der Waals surface area (Å²) < 4.78 is 28.9. The quantitative estimate of drug-likeness (QED) is 0.224. The average molecular weight is 682 g/mol. The first-order chi connectivity index (χ1) is 22.3. The number of aromatic nitrogens is 1. The molecule has 3 amide bonds. The number of benzene rings is 2. The van der Waals surface area contributed by atoms with Crippen LogP contribution in [0, 0.1) is 18.8 Å². The van der Waals surface area contributed by atoms with E-state index in [1.807, 2.05) is 70.3 Å². The highest BCUT2D eigenvalue weighted by Crippen LogP contribution is 2.23. The highest BCUT2D eigenvalue weighted by Gasteiger charge is 2.40. The fourth-order valence-corrected chi connectivity index (χ4v) is 8.07. The molecule has 0 radical (unpaired) electrons. The zero-order valence-electron chi connectivity index (χ0n) is 27.9. The topological polar surface area (TPSA) is 123 Å². The van der Waals surface area contributed by atoms with Crippen molar-refractivity contribution in [2.24, 2.45) is 11.8 Å². The molecule has 2 aromatic carbocycles. The van der Waals surface area contributed by atoms with E-state index in [0.717, 1.165) is 21.8 Å². The Morgan fingerprint density at radius 1 is 1.09 bits per heavy atom. The van der Waals surface area contributed by atoms with Gasteiger partial charge in [0.2, 0.25) is 15.9 Å². The van der Waals surface area contributed by atoms with Crippen LogP contribution in [0.4, 0.5) is 4.79 Å². The van der Waals surface area contributed by atoms with E-state index < -0.39 is 34.1 Å². The fourth-order valence-electron chi connectivity index (χ4n) is 5.85. The molecule has 1 saturated heterocycles. The number of rotatable bonds is 16. The van der Waals surface area contributed by atoms with E-state index in [-0.39, 0.29) is 42.3 Å². The second-order valence-corrected chi connectivity index (χ2v) is 15.8. The Bertz CT molecular complexity index is 1610. The summed E-state index contributed by atoms with van der Waals surface area (Å²) in [5, 5.41) is 17.6. The molecule has 0 bridgehead atoms. The van der Waals surface area contributed by atoms with Gasteiger partial charge in [-0.3, -0.25) is 4.79 Å². The Balaban J connectivity index is 1.57. The number of aliphatic hydroxyl groups is 1. The third kappa shape index (κ3) is 9.28. The molecule has 1 aromatic heterocycles. The number of carbonyl (C=O) groups is 2. The second-order valence-electron chi connectivity index (χ2n) is 12.8. The molecule has 1 aliphatic heterocycles. The second kappa shape index (κ2) is 16.0. The maximum atomic E-state index is 14.0. The molecule has 3 atom stereocenters. The van der Waals surface area contributed by atoms with Gasteiger partial charge in [0.05, 0.1) is 34.3 Å². The van der Waals surface area contributed by atoms with E-state index in [4.69, 9.17) is 0 Å². The molecule has 3 aromatic rings. The summed E-state index contributed by atoms with van der Waals surface area (Å²) >= 11 is 1.53. The minimum absolute atomic E-state index is 0.0192. The lowest BCUT2D eigenvalue weighted by Crippen LogP contribution is -2.57. The number of aliphatic hydroxyl groups excluding tert-OH is 1. The van der Waals surface area contributed by atoms with Crippen molar-refractivity contribution in [3.05, 3.63) is 88.4 Å². The van der Waals surface area contributed by atoms with E-state index in [2.05, 4.69) is 16.9 Å². The smallest absolute Gasteiger partial charge is 0.321 e. The monoisotopic (exact) mass is 681 g/mol. The van der Waals surface area contributed by atoms with Crippen molar-refractivity contribution in [2.45, 2.75) is 70.7 Å². The average Bonchev–Trinajstić information content (AvgIpc) is 3.61. The van der Waals surface area contributed by atoms with Crippen molar-refractivity contribution in [1.29, 1.82) is 0 Å². The molecule has 2 heterocycles. The zero-order chi connectivity index (χ0) is 34.3. The molecule has 0 spiro atoms. The molecule has 10 nitrogen and oxygen atoms in total. The van der Waals surface area contributed by atoms with Gasteiger partial charge in [-0.2, -0.15) is 4.31 Å². The Kier molecular flexibility index (Phi) is 12.4. The largest absolute Gasteiger partial charge is 0.390 e. The van der Waals surface area contributed by atoms with Crippen molar-refractivity contribution in [1.82, 2.24) is 24.4 Å². The molecule has 0 unspecified atom stereocenters. The van der Waals surface area contributed by atoms with Gasteiger partial charge in [-0.25, -0.2) is 18.2 Å². The van der Waals surface area contributed by atoms with Gasteiger partial charge in [0, 0.05) is 31.6 Å². The van der Waals surface area contributed by atoms with Gasteiger partial charge in [0.15, 0.2) is 0 Å². The predicted molar refractivity (Wildman–Crippen MR) is 186 cm³/mol. The molecule has 1 aliphatic rings. The number of hydrogen-bond donors (Lipinski definition) is 2. The third-order valence-electron chi connectivity index (χ3n) is 8.19. The zero-order valence-corrected chi connectivity index (χ0v) is 29.5. The van der Waals surface area contributed by atoms with Crippen molar-refractivity contribution < 1.29 is 23.1 Å². The molecular weight excluding hydrogens is 635 g/mol. The summed E-state index contributed by atoms with van der Waals surface area (Å²) in [7, 11) is -3.97. The SMILES string of the molecule is C=Cc1ccc(S(=O)(=O)N(CC(C)C)C[C@@H](O)[C@H](Cc2ccccc2)NC(=O)[C@H](C(C)C)N2CCN(Cc3csc(C)n3)C2=O)cc1. The molecule has 0 aliphatic carbocycles. The van der Waals surface area contributed by atoms with Gasteiger partial charge in [-0.05, 0) is 48.4 Å². The van der Waals surface area contributed by atoms with E-state index in [9.17, 15) is 23.1 Å². The Morgan fingerprint density at radius 2 is 1.77 bits per heavy atom. The number of amides is 3. The van der Waals surface area contributed by atoms with E-state index in [0.29, 0.717) is 19.6 Å². The van der Waals surface area contributed by atoms with Crippen LogP contribution in [0.1, 0.15) is 49.5 Å². The molecule has 47 heavy (non-hydrogen) atoms. The van der Waals surface area contributed by atoms with E-state index in [1.54, 1.807) is 28.0 Å². The van der Waals surface area contributed by atoms with Gasteiger partial charge in [-0.1, -0.05) is 82.8 Å². The van der Waals surface area contributed by atoms with Crippen LogP contribution in [0.25, 0.3) is 6.08 Å². The van der Waals surface area contributed by atoms with Crippen LogP contribution in [-0.4, -0.2) is 88.9 Å². The molecule has 254 valence electrons. The van der Waals surface area contributed by atoms with Gasteiger partial charge < -0.3 is 20.2 Å². The van der Waals surface area contributed by atoms with Crippen LogP contribution in [0.15, 0.2) is 71.5 Å². The van der Waals surface area contributed by atoms with Crippen LogP contribution in [0.5, 0.6) is 0 Å². The van der Waals surface area contributed by atoms with Crippen molar-refractivity contribution in [3.8, 4) is 0 Å². The van der Waals surface area contributed by atoms with Crippen molar-refractivity contribution >= 4 is 39.4 Å². The molecule has 2 N–H and O–H groups in total. The summed E-state index contributed by atoms with van der Waals surface area (Å²) in [5.74, 6) is -0.626. The summed E-state index contributed by atoms with van der Waals surface area (Å²) in [4.78, 5) is 35.5. The van der Waals surface area contributed by atoms with E-state index >= 15 is 0 Å². The molecular formula is C35H47N5O5S2. The number of hydrogen-bond acceptors (Lipinski definition) is 7. The molecule has 12 heteroatoms. The van der Waals surface area contributed by atoms with Gasteiger partial charge in [0.25, 0.3) is 0 Å². The first-order valence-corrected chi connectivity index (χ1v) is 18.3. The van der Waals surface area contributed by atoms with Gasteiger partial charge >= 0.3 is 6.03 Å². The van der Waals surface area contributed by atoms with Crippen molar-refractivity contribution in [2.75, 3.05) is 26.2 Å². The van der Waals surface area contributed by atoms with Crippen LogP contribution in [0.2, 0.25) is 0 Å². The molecule has 4 rings (SSSR count). The highest BCUT2D eigenvalue weighted by atomic mass is 32.2.